The van der Waals surface area contributed by atoms with E-state index in [-0.39, 0.29) is 0 Å². The van der Waals surface area contributed by atoms with Crippen molar-refractivity contribution in [3.8, 4) is 5.75 Å². The first-order valence-electron chi connectivity index (χ1n) is 10.6. The predicted molar refractivity (Wildman–Crippen MR) is 110 cm³/mol. The van der Waals surface area contributed by atoms with Gasteiger partial charge in [0.25, 0.3) is 0 Å². The molecule has 0 spiro atoms. The molecule has 1 N–H and O–H groups in total. The average Bonchev–Trinajstić information content (AvgIpc) is 3.02. The van der Waals surface area contributed by atoms with Crippen LogP contribution in [0, 0.1) is 0 Å². The zero-order valence-corrected chi connectivity index (χ0v) is 16.4. The molecule has 25 heavy (non-hydrogen) atoms. The van der Waals surface area contributed by atoms with E-state index in [9.17, 15) is 0 Å². The summed E-state index contributed by atoms with van der Waals surface area (Å²) < 4.78 is 5.97. The second-order valence-electron chi connectivity index (χ2n) is 7.30. The molecule has 0 fully saturated rings. The first kappa shape index (κ1) is 19.9. The number of aryl methyl sites for hydroxylation is 1. The number of benzene rings is 1. The van der Waals surface area contributed by atoms with Gasteiger partial charge in [0.15, 0.2) is 0 Å². The van der Waals surface area contributed by atoms with E-state index in [2.05, 4.69) is 43.2 Å². The number of hydrogen-bond donors (Lipinski definition) is 1. The van der Waals surface area contributed by atoms with Crippen molar-refractivity contribution >= 4 is 10.9 Å². The van der Waals surface area contributed by atoms with Crippen molar-refractivity contribution in [2.24, 2.45) is 0 Å². The van der Waals surface area contributed by atoms with Crippen LogP contribution in [0.15, 0.2) is 24.4 Å². The molecule has 0 saturated heterocycles. The molecule has 0 radical (unpaired) electrons. The summed E-state index contributed by atoms with van der Waals surface area (Å²) in [4.78, 5) is 3.36. The van der Waals surface area contributed by atoms with E-state index in [4.69, 9.17) is 4.74 Å². The second kappa shape index (κ2) is 12.0. The van der Waals surface area contributed by atoms with E-state index < -0.39 is 0 Å². The highest BCUT2D eigenvalue weighted by molar-refractivity contribution is 5.84. The Bertz CT molecular complexity index is 587. The largest absolute Gasteiger partial charge is 0.494 e. The molecule has 2 aromatic rings. The van der Waals surface area contributed by atoms with E-state index in [1.807, 2.05) is 0 Å². The van der Waals surface area contributed by atoms with Crippen molar-refractivity contribution in [1.29, 1.82) is 0 Å². The molecule has 2 nitrogen and oxygen atoms in total. The number of ether oxygens (including phenoxy) is 1. The third-order valence-corrected chi connectivity index (χ3v) is 5.02. The minimum absolute atomic E-state index is 0.843. The number of unbranched alkanes of at least 4 members (excludes halogenated alkanes) is 9. The van der Waals surface area contributed by atoms with Gasteiger partial charge in [-0.3, -0.25) is 0 Å². The normalized spacial score (nSPS) is 11.3. The van der Waals surface area contributed by atoms with E-state index in [0.717, 1.165) is 18.8 Å². The van der Waals surface area contributed by atoms with Gasteiger partial charge in [0.05, 0.1) is 6.61 Å². The highest BCUT2D eigenvalue weighted by Crippen LogP contribution is 2.25. The van der Waals surface area contributed by atoms with Crippen LogP contribution in [0.25, 0.3) is 10.9 Å². The Balaban J connectivity index is 1.57. The second-order valence-corrected chi connectivity index (χ2v) is 7.30. The van der Waals surface area contributed by atoms with Crippen molar-refractivity contribution in [2.75, 3.05) is 6.61 Å². The lowest BCUT2D eigenvalue weighted by Gasteiger charge is -2.07. The van der Waals surface area contributed by atoms with Gasteiger partial charge in [0, 0.05) is 17.1 Å². The van der Waals surface area contributed by atoms with Gasteiger partial charge in [0.1, 0.15) is 5.75 Å². The Labute approximate surface area is 154 Å². The van der Waals surface area contributed by atoms with Gasteiger partial charge in [-0.05, 0) is 36.6 Å². The van der Waals surface area contributed by atoms with E-state index >= 15 is 0 Å². The summed E-state index contributed by atoms with van der Waals surface area (Å²) in [6.45, 7) is 5.35. The molecule has 0 bridgehead atoms. The lowest BCUT2D eigenvalue weighted by Crippen LogP contribution is -1.97. The van der Waals surface area contributed by atoms with Crippen molar-refractivity contribution in [2.45, 2.75) is 90.9 Å². The first-order valence-corrected chi connectivity index (χ1v) is 10.6. The molecule has 0 aliphatic carbocycles. The lowest BCUT2D eigenvalue weighted by atomic mass is 10.1. The summed E-state index contributed by atoms with van der Waals surface area (Å²) >= 11 is 0. The molecule has 0 aliphatic rings. The van der Waals surface area contributed by atoms with E-state index in [1.54, 1.807) is 0 Å². The Morgan fingerprint density at radius 3 is 2.16 bits per heavy atom. The third kappa shape index (κ3) is 7.13. The van der Waals surface area contributed by atoms with Crippen LogP contribution in [0.2, 0.25) is 0 Å². The van der Waals surface area contributed by atoms with Gasteiger partial charge in [-0.25, -0.2) is 0 Å². The van der Waals surface area contributed by atoms with Crippen LogP contribution in [-0.4, -0.2) is 11.6 Å². The minimum atomic E-state index is 0.843. The Kier molecular flexibility index (Phi) is 9.54. The number of fused-ring (bicyclic) bond motifs is 1. The van der Waals surface area contributed by atoms with Crippen molar-refractivity contribution in [3.05, 3.63) is 30.0 Å². The molecule has 0 aliphatic heterocycles. The first-order chi connectivity index (χ1) is 12.3. The van der Waals surface area contributed by atoms with Gasteiger partial charge in [0.2, 0.25) is 0 Å². The van der Waals surface area contributed by atoms with Gasteiger partial charge < -0.3 is 9.72 Å². The molecule has 2 rings (SSSR count). The van der Waals surface area contributed by atoms with Gasteiger partial charge >= 0.3 is 0 Å². The highest BCUT2D eigenvalue weighted by atomic mass is 16.5. The monoisotopic (exact) mass is 343 g/mol. The van der Waals surface area contributed by atoms with Gasteiger partial charge in [-0.1, -0.05) is 78.1 Å². The van der Waals surface area contributed by atoms with Crippen LogP contribution in [0.1, 0.15) is 90.0 Å². The number of aromatic amines is 1. The topological polar surface area (TPSA) is 25.0 Å². The maximum absolute atomic E-state index is 5.97. The summed E-state index contributed by atoms with van der Waals surface area (Å²) in [6.07, 6.45) is 18.1. The number of nitrogens with one attached hydrogen (secondary N) is 1. The quantitative estimate of drug-likeness (QED) is 0.355. The fourth-order valence-electron chi connectivity index (χ4n) is 3.50. The lowest BCUT2D eigenvalue weighted by molar-refractivity contribution is 0.304. The van der Waals surface area contributed by atoms with Crippen LogP contribution in [0.5, 0.6) is 5.75 Å². The molecular weight excluding hydrogens is 306 g/mol. The zero-order chi connectivity index (χ0) is 17.7. The van der Waals surface area contributed by atoms with Gasteiger partial charge in [-0.2, -0.15) is 0 Å². The summed E-state index contributed by atoms with van der Waals surface area (Å²) in [5, 5.41) is 1.32. The standard InChI is InChI=1S/C23H37NO/c1-3-5-6-7-8-9-10-11-12-13-17-25-21-15-16-23-22(18-21)20(14-4-2)19-24-23/h15-16,18-19,24H,3-14,17H2,1-2H3. The van der Waals surface area contributed by atoms with Crippen LogP contribution >= 0.6 is 0 Å². The Hall–Kier alpha value is -1.44. The maximum atomic E-state index is 5.97. The fraction of sp³-hybridized carbons (Fsp3) is 0.652. The fourth-order valence-corrected chi connectivity index (χ4v) is 3.50. The van der Waals surface area contributed by atoms with Crippen LogP contribution < -0.4 is 4.74 Å². The van der Waals surface area contributed by atoms with Crippen molar-refractivity contribution < 1.29 is 4.74 Å². The summed E-state index contributed by atoms with van der Waals surface area (Å²) in [5.74, 6) is 1.01. The van der Waals surface area contributed by atoms with E-state index in [0.29, 0.717) is 0 Å². The number of aromatic nitrogens is 1. The minimum Gasteiger partial charge on any atom is -0.494 e. The van der Waals surface area contributed by atoms with Crippen molar-refractivity contribution in [1.82, 2.24) is 4.98 Å². The molecule has 2 heteroatoms. The number of hydrogen-bond acceptors (Lipinski definition) is 1. The van der Waals surface area contributed by atoms with Crippen LogP contribution in [0.3, 0.4) is 0 Å². The molecule has 0 saturated carbocycles. The third-order valence-electron chi connectivity index (χ3n) is 5.02. The Morgan fingerprint density at radius 2 is 1.48 bits per heavy atom. The summed E-state index contributed by atoms with van der Waals surface area (Å²) in [5.41, 5.74) is 2.62. The SMILES string of the molecule is CCCCCCCCCCCCOc1ccc2[nH]cc(CCC)c2c1. The smallest absolute Gasteiger partial charge is 0.120 e. The summed E-state index contributed by atoms with van der Waals surface area (Å²) in [6, 6.07) is 6.43. The summed E-state index contributed by atoms with van der Waals surface area (Å²) in [7, 11) is 0. The zero-order valence-electron chi connectivity index (χ0n) is 16.4. The highest BCUT2D eigenvalue weighted by Gasteiger charge is 2.04. The number of rotatable bonds is 14. The predicted octanol–water partition coefficient (Wildman–Crippen LogP) is 7.42. The van der Waals surface area contributed by atoms with Crippen LogP contribution in [-0.2, 0) is 6.42 Å². The van der Waals surface area contributed by atoms with Crippen molar-refractivity contribution in [3.63, 3.8) is 0 Å². The molecule has 140 valence electrons. The molecule has 0 unspecified atom stereocenters. The van der Waals surface area contributed by atoms with E-state index in [1.165, 1.54) is 87.1 Å². The van der Waals surface area contributed by atoms with Gasteiger partial charge in [-0.15, -0.1) is 0 Å². The molecule has 1 heterocycles. The molecular formula is C23H37NO. The molecule has 0 amide bonds. The van der Waals surface area contributed by atoms with Crippen LogP contribution in [0.4, 0.5) is 0 Å². The molecule has 1 aromatic carbocycles. The Morgan fingerprint density at radius 1 is 0.800 bits per heavy atom. The molecule has 0 atom stereocenters. The molecule has 1 aromatic heterocycles. The number of H-pyrrole nitrogens is 1. The maximum Gasteiger partial charge on any atom is 0.120 e. The average molecular weight is 344 g/mol.